The smallest absolute Gasteiger partial charge is 0.214 e. The highest BCUT2D eigenvalue weighted by atomic mass is 32.2. The van der Waals surface area contributed by atoms with Gasteiger partial charge < -0.3 is 5.11 Å². The molecule has 2 atom stereocenters. The molecule has 0 amide bonds. The van der Waals surface area contributed by atoms with E-state index in [1.807, 2.05) is 20.8 Å². The zero-order valence-corrected chi connectivity index (χ0v) is 11.9. The van der Waals surface area contributed by atoms with Gasteiger partial charge in [-0.3, -0.25) is 0 Å². The monoisotopic (exact) mass is 263 g/mol. The van der Waals surface area contributed by atoms with Gasteiger partial charge in [0.05, 0.1) is 18.4 Å². The lowest BCUT2D eigenvalue weighted by molar-refractivity contribution is 0.113. The third-order valence-electron chi connectivity index (χ3n) is 3.56. The minimum Gasteiger partial charge on any atom is -0.395 e. The van der Waals surface area contributed by atoms with Gasteiger partial charge in [0, 0.05) is 6.54 Å². The van der Waals surface area contributed by atoms with E-state index in [1.165, 1.54) is 4.31 Å². The van der Waals surface area contributed by atoms with E-state index in [0.29, 0.717) is 18.9 Å². The predicted octanol–water partition coefficient (Wildman–Crippen LogP) is 1.46. The number of aliphatic hydroxyl groups is 1. The maximum absolute atomic E-state index is 12.2. The number of aliphatic hydroxyl groups excluding tert-OH is 1. The van der Waals surface area contributed by atoms with Gasteiger partial charge in [-0.2, -0.15) is 4.31 Å². The molecule has 1 N–H and O–H groups in total. The summed E-state index contributed by atoms with van der Waals surface area (Å²) in [5.74, 6) is 0.843. The number of hydrogen-bond donors (Lipinski definition) is 1. The maximum Gasteiger partial charge on any atom is 0.214 e. The quantitative estimate of drug-likeness (QED) is 0.817. The first-order chi connectivity index (χ1) is 7.88. The van der Waals surface area contributed by atoms with Crippen LogP contribution in [0.4, 0.5) is 0 Å². The van der Waals surface area contributed by atoms with Gasteiger partial charge in [0.1, 0.15) is 0 Å². The molecule has 102 valence electrons. The molecule has 17 heavy (non-hydrogen) atoms. The van der Waals surface area contributed by atoms with Gasteiger partial charge >= 0.3 is 0 Å². The van der Waals surface area contributed by atoms with E-state index < -0.39 is 10.0 Å². The summed E-state index contributed by atoms with van der Waals surface area (Å²) in [6, 6.07) is -0.221. The molecule has 0 aromatic rings. The van der Waals surface area contributed by atoms with Crippen molar-refractivity contribution in [3.05, 3.63) is 0 Å². The SMILES string of the molecule is CC(C)CCS(=O)(=O)N1CCCC(C)C1CO. The molecule has 1 saturated heterocycles. The normalized spacial score (nSPS) is 27.6. The number of hydrogen-bond acceptors (Lipinski definition) is 3. The van der Waals surface area contributed by atoms with Crippen LogP contribution in [0.2, 0.25) is 0 Å². The fourth-order valence-corrected chi connectivity index (χ4v) is 4.43. The first-order valence-electron chi connectivity index (χ1n) is 6.49. The van der Waals surface area contributed by atoms with Gasteiger partial charge in [-0.1, -0.05) is 20.8 Å². The first-order valence-corrected chi connectivity index (χ1v) is 8.09. The lowest BCUT2D eigenvalue weighted by atomic mass is 9.93. The summed E-state index contributed by atoms with van der Waals surface area (Å²) in [5.41, 5.74) is 0. The topological polar surface area (TPSA) is 57.6 Å². The van der Waals surface area contributed by atoms with Gasteiger partial charge in [-0.05, 0) is 31.1 Å². The molecule has 0 spiro atoms. The summed E-state index contributed by atoms with van der Waals surface area (Å²) in [6.07, 6.45) is 2.59. The number of nitrogens with zero attached hydrogens (tertiary/aromatic N) is 1. The molecular weight excluding hydrogens is 238 g/mol. The maximum atomic E-state index is 12.2. The molecule has 0 bridgehead atoms. The van der Waals surface area contributed by atoms with Crippen molar-refractivity contribution in [3.8, 4) is 0 Å². The highest BCUT2D eigenvalue weighted by Crippen LogP contribution is 2.26. The Kier molecular flexibility index (Phi) is 5.41. The van der Waals surface area contributed by atoms with Gasteiger partial charge in [-0.15, -0.1) is 0 Å². The van der Waals surface area contributed by atoms with Crippen molar-refractivity contribution in [2.24, 2.45) is 11.8 Å². The zero-order valence-electron chi connectivity index (χ0n) is 11.1. The Morgan fingerprint density at radius 3 is 2.59 bits per heavy atom. The Bertz CT molecular complexity index is 327. The molecule has 2 unspecified atom stereocenters. The molecule has 0 aliphatic carbocycles. The van der Waals surface area contributed by atoms with Crippen LogP contribution >= 0.6 is 0 Å². The lowest BCUT2D eigenvalue weighted by Crippen LogP contribution is -2.50. The van der Waals surface area contributed by atoms with Gasteiger partial charge in [0.25, 0.3) is 0 Å². The molecule has 0 radical (unpaired) electrons. The molecule has 5 heteroatoms. The van der Waals surface area contributed by atoms with E-state index in [1.54, 1.807) is 0 Å². The summed E-state index contributed by atoms with van der Waals surface area (Å²) in [5, 5.41) is 9.37. The van der Waals surface area contributed by atoms with Crippen molar-refractivity contribution in [1.82, 2.24) is 4.31 Å². The molecule has 1 rings (SSSR count). The van der Waals surface area contributed by atoms with Crippen LogP contribution < -0.4 is 0 Å². The third kappa shape index (κ3) is 3.93. The summed E-state index contributed by atoms with van der Waals surface area (Å²) in [4.78, 5) is 0. The Morgan fingerprint density at radius 2 is 2.06 bits per heavy atom. The van der Waals surface area contributed by atoms with E-state index in [4.69, 9.17) is 0 Å². The molecular formula is C12H25NO3S. The van der Waals surface area contributed by atoms with Crippen LogP contribution in [0.5, 0.6) is 0 Å². The summed E-state index contributed by atoms with van der Waals surface area (Å²) >= 11 is 0. The molecule has 0 aromatic carbocycles. The second kappa shape index (κ2) is 6.16. The average molecular weight is 263 g/mol. The highest BCUT2D eigenvalue weighted by Gasteiger charge is 2.35. The van der Waals surface area contributed by atoms with Gasteiger partial charge in [-0.25, -0.2) is 8.42 Å². The van der Waals surface area contributed by atoms with E-state index >= 15 is 0 Å². The molecule has 0 aromatic heterocycles. The largest absolute Gasteiger partial charge is 0.395 e. The van der Waals surface area contributed by atoms with E-state index in [2.05, 4.69) is 0 Å². The Morgan fingerprint density at radius 1 is 1.41 bits per heavy atom. The van der Waals surface area contributed by atoms with Crippen LogP contribution in [0.1, 0.15) is 40.0 Å². The van der Waals surface area contributed by atoms with Crippen molar-refractivity contribution in [1.29, 1.82) is 0 Å². The predicted molar refractivity (Wildman–Crippen MR) is 69.2 cm³/mol. The Labute approximate surface area is 105 Å². The van der Waals surface area contributed by atoms with Crippen molar-refractivity contribution in [3.63, 3.8) is 0 Å². The van der Waals surface area contributed by atoms with E-state index in [9.17, 15) is 13.5 Å². The molecule has 1 aliphatic heterocycles. The summed E-state index contributed by atoms with van der Waals surface area (Å²) in [7, 11) is -3.20. The van der Waals surface area contributed by atoms with Crippen LogP contribution in [0.25, 0.3) is 0 Å². The van der Waals surface area contributed by atoms with Crippen LogP contribution in [0, 0.1) is 11.8 Å². The van der Waals surface area contributed by atoms with Crippen molar-refractivity contribution in [2.75, 3.05) is 18.9 Å². The standard InChI is InChI=1S/C12H25NO3S/c1-10(2)6-8-17(15,16)13-7-4-5-11(3)12(13)9-14/h10-12,14H,4-9H2,1-3H3. The summed E-state index contributed by atoms with van der Waals surface area (Å²) < 4.78 is 26.0. The molecule has 1 aliphatic rings. The van der Waals surface area contributed by atoms with Crippen LogP contribution in [-0.4, -0.2) is 42.8 Å². The number of sulfonamides is 1. The second-order valence-electron chi connectivity index (χ2n) is 5.48. The van der Waals surface area contributed by atoms with Crippen LogP contribution in [0.3, 0.4) is 0 Å². The molecule has 1 heterocycles. The fourth-order valence-electron chi connectivity index (χ4n) is 2.33. The van der Waals surface area contributed by atoms with E-state index in [-0.39, 0.29) is 24.3 Å². The molecule has 4 nitrogen and oxygen atoms in total. The first kappa shape index (κ1) is 14.9. The molecule has 0 saturated carbocycles. The van der Waals surface area contributed by atoms with Crippen molar-refractivity contribution in [2.45, 2.75) is 46.1 Å². The second-order valence-corrected chi connectivity index (χ2v) is 7.52. The minimum absolute atomic E-state index is 0.0674. The lowest BCUT2D eigenvalue weighted by Gasteiger charge is -2.38. The van der Waals surface area contributed by atoms with Gasteiger partial charge in [0.15, 0.2) is 0 Å². The number of piperidine rings is 1. The Hall–Kier alpha value is -0.130. The highest BCUT2D eigenvalue weighted by molar-refractivity contribution is 7.89. The van der Waals surface area contributed by atoms with E-state index in [0.717, 1.165) is 12.8 Å². The van der Waals surface area contributed by atoms with Crippen LogP contribution in [0.15, 0.2) is 0 Å². The molecule has 1 fully saturated rings. The third-order valence-corrected chi connectivity index (χ3v) is 5.48. The Balaban J connectivity index is 2.74. The van der Waals surface area contributed by atoms with Crippen molar-refractivity contribution < 1.29 is 13.5 Å². The van der Waals surface area contributed by atoms with Crippen molar-refractivity contribution >= 4 is 10.0 Å². The summed E-state index contributed by atoms with van der Waals surface area (Å²) in [6.45, 7) is 6.57. The average Bonchev–Trinajstić information content (AvgIpc) is 2.26. The van der Waals surface area contributed by atoms with Gasteiger partial charge in [0.2, 0.25) is 10.0 Å². The zero-order chi connectivity index (χ0) is 13.1. The number of rotatable bonds is 5. The van der Waals surface area contributed by atoms with Crippen LogP contribution in [-0.2, 0) is 10.0 Å². The fraction of sp³-hybridized carbons (Fsp3) is 1.00. The minimum atomic E-state index is -3.20.